The maximum atomic E-state index is 13.4. The van der Waals surface area contributed by atoms with Crippen LogP contribution in [0.1, 0.15) is 42.9 Å². The van der Waals surface area contributed by atoms with Gasteiger partial charge in [0.2, 0.25) is 0 Å². The highest BCUT2D eigenvalue weighted by Gasteiger charge is 2.49. The Hall–Kier alpha value is -0.740. The number of fused-ring (bicyclic) bond motifs is 1. The van der Waals surface area contributed by atoms with Gasteiger partial charge >= 0.3 is 5.51 Å². The maximum absolute atomic E-state index is 13.4. The largest absolute Gasteiger partial charge is 0.600 e. The second kappa shape index (κ2) is 5.94. The molecule has 1 aromatic heterocycles. The minimum absolute atomic E-state index is 0. The summed E-state index contributed by atoms with van der Waals surface area (Å²) in [6, 6.07) is 8.77. The summed E-state index contributed by atoms with van der Waals surface area (Å²) in [5.74, 6) is 0.131. The van der Waals surface area contributed by atoms with Gasteiger partial charge in [0.1, 0.15) is 0 Å². The zero-order chi connectivity index (χ0) is 13.5. The first-order chi connectivity index (χ1) is 9.07. The first-order valence-electron chi connectivity index (χ1n) is 6.69. The van der Waals surface area contributed by atoms with E-state index < -0.39 is 16.0 Å². The van der Waals surface area contributed by atoms with Gasteiger partial charge in [-0.2, -0.15) is 0 Å². The summed E-state index contributed by atoms with van der Waals surface area (Å²) in [7, 11) is -1.69. The van der Waals surface area contributed by atoms with Crippen LogP contribution in [0, 0.1) is 0 Å². The molecule has 0 N–H and O–H groups in total. The average molecular weight is 322 g/mol. The van der Waals surface area contributed by atoms with Crippen molar-refractivity contribution in [1.82, 2.24) is 0 Å². The molecule has 1 aromatic carbocycles. The van der Waals surface area contributed by atoms with Gasteiger partial charge in [0.25, 0.3) is 0 Å². The van der Waals surface area contributed by atoms with Gasteiger partial charge in [-0.15, -0.1) is 25.6 Å². The average Bonchev–Trinajstić information content (AvgIpc) is 2.79. The molecular weight excluding hydrogens is 305 g/mol. The minimum atomic E-state index is -4.14. The molecule has 0 nitrogen and oxygen atoms in total. The summed E-state index contributed by atoms with van der Waals surface area (Å²) < 4.78 is 40.7. The van der Waals surface area contributed by atoms with Gasteiger partial charge in [-0.05, 0) is 25.0 Å². The Bertz CT molecular complexity index is 582. The van der Waals surface area contributed by atoms with Crippen LogP contribution >= 0.6 is 22.9 Å². The smallest absolute Gasteiger partial charge is 0.147 e. The van der Waals surface area contributed by atoms with E-state index in [2.05, 4.69) is 0 Å². The molecule has 110 valence electrons. The van der Waals surface area contributed by atoms with Crippen molar-refractivity contribution in [3.8, 4) is 0 Å². The second-order valence-corrected chi connectivity index (χ2v) is 7.16. The Labute approximate surface area is 125 Å². The second-order valence-electron chi connectivity index (χ2n) is 5.17. The van der Waals surface area contributed by atoms with Gasteiger partial charge in [-0.3, -0.25) is 0 Å². The van der Waals surface area contributed by atoms with Crippen LogP contribution < -0.4 is 0 Å². The van der Waals surface area contributed by atoms with E-state index >= 15 is 0 Å². The van der Waals surface area contributed by atoms with Crippen molar-refractivity contribution in [3.05, 3.63) is 35.2 Å². The molecule has 1 saturated carbocycles. The zero-order valence-electron chi connectivity index (χ0n) is 11.0. The highest BCUT2D eigenvalue weighted by Crippen LogP contribution is 2.54. The lowest BCUT2D eigenvalue weighted by Crippen LogP contribution is -2.06. The van der Waals surface area contributed by atoms with Crippen LogP contribution in [0.25, 0.3) is 10.1 Å². The van der Waals surface area contributed by atoms with Gasteiger partial charge in [-0.25, -0.2) is 0 Å². The van der Waals surface area contributed by atoms with E-state index in [1.165, 1.54) is 0 Å². The van der Waals surface area contributed by atoms with E-state index in [1.54, 1.807) is 18.2 Å². The van der Waals surface area contributed by atoms with Crippen molar-refractivity contribution < 1.29 is 13.2 Å². The molecule has 3 rings (SSSR count). The lowest BCUT2D eigenvalue weighted by molar-refractivity contribution is -0.0868. The lowest BCUT2D eigenvalue weighted by atomic mass is 9.88. The zero-order valence-corrected chi connectivity index (χ0v) is 12.6. The molecule has 0 saturated heterocycles. The van der Waals surface area contributed by atoms with E-state index in [0.29, 0.717) is 9.58 Å². The SMILES string of the molecule is Cl.FC(F)(F)[s+]1c(C2CCCCC2)cc2ccccc21. The molecule has 5 heteroatoms. The number of thiophene rings is 1. The lowest BCUT2D eigenvalue weighted by Gasteiger charge is -2.18. The Balaban J connectivity index is 0.00000147. The minimum Gasteiger partial charge on any atom is -0.147 e. The predicted octanol–water partition coefficient (Wildman–Crippen LogP) is 6.53. The van der Waals surface area contributed by atoms with Crippen LogP contribution in [0.3, 0.4) is 0 Å². The number of hydrogen-bond donors (Lipinski definition) is 0. The summed E-state index contributed by atoms with van der Waals surface area (Å²) in [4.78, 5) is 0.633. The Morgan fingerprint density at radius 1 is 1.00 bits per heavy atom. The predicted molar refractivity (Wildman–Crippen MR) is 80.8 cm³/mol. The van der Waals surface area contributed by atoms with E-state index in [9.17, 15) is 13.2 Å². The van der Waals surface area contributed by atoms with E-state index in [4.69, 9.17) is 0 Å². The summed E-state index contributed by atoms with van der Waals surface area (Å²) in [6.45, 7) is 0. The molecule has 0 spiro atoms. The third kappa shape index (κ3) is 2.82. The van der Waals surface area contributed by atoms with Crippen molar-refractivity contribution in [2.24, 2.45) is 0 Å². The van der Waals surface area contributed by atoms with E-state index in [1.807, 2.05) is 12.1 Å². The molecule has 0 amide bonds. The third-order valence-electron chi connectivity index (χ3n) is 3.91. The number of hydrogen-bond acceptors (Lipinski definition) is 0. The van der Waals surface area contributed by atoms with E-state index in [0.717, 1.165) is 37.5 Å². The number of alkyl halides is 3. The monoisotopic (exact) mass is 321 g/mol. The molecule has 1 aliphatic rings. The number of rotatable bonds is 1. The molecule has 0 aliphatic heterocycles. The number of halogens is 4. The van der Waals surface area contributed by atoms with Crippen LogP contribution in [0.2, 0.25) is 0 Å². The first kappa shape index (κ1) is 15.6. The van der Waals surface area contributed by atoms with Gasteiger partial charge in [0.05, 0.1) is 10.5 Å². The molecule has 20 heavy (non-hydrogen) atoms. The van der Waals surface area contributed by atoms with Crippen LogP contribution in [0.5, 0.6) is 0 Å². The molecule has 0 radical (unpaired) electrons. The van der Waals surface area contributed by atoms with E-state index in [-0.39, 0.29) is 18.3 Å². The fourth-order valence-corrected chi connectivity index (χ4v) is 5.22. The highest BCUT2D eigenvalue weighted by atomic mass is 35.5. The molecule has 1 fully saturated rings. The topological polar surface area (TPSA) is 0 Å². The summed E-state index contributed by atoms with van der Waals surface area (Å²) in [5, 5.41) is 0.767. The Morgan fingerprint density at radius 2 is 1.65 bits per heavy atom. The van der Waals surface area contributed by atoms with Crippen molar-refractivity contribution >= 4 is 33.0 Å². The maximum Gasteiger partial charge on any atom is 0.600 e. The van der Waals surface area contributed by atoms with Gasteiger partial charge in [0.15, 0.2) is 9.58 Å². The third-order valence-corrected chi connectivity index (χ3v) is 6.11. The molecule has 0 bridgehead atoms. The fraction of sp³-hybridized carbons (Fsp3) is 0.467. The van der Waals surface area contributed by atoms with Crippen LogP contribution in [0.15, 0.2) is 30.3 Å². The normalized spacial score (nSPS) is 18.1. The van der Waals surface area contributed by atoms with Gasteiger partial charge < -0.3 is 0 Å². The molecule has 1 heterocycles. The summed E-state index contributed by atoms with van der Waals surface area (Å²) >= 11 is 0. The summed E-state index contributed by atoms with van der Waals surface area (Å²) in [6.07, 6.45) is 5.12. The fourth-order valence-electron chi connectivity index (χ4n) is 3.05. The van der Waals surface area contributed by atoms with Crippen LogP contribution in [-0.4, -0.2) is 0 Å². The molecule has 1 atom stereocenters. The van der Waals surface area contributed by atoms with Crippen molar-refractivity contribution in [3.63, 3.8) is 0 Å². The Kier molecular flexibility index (Phi) is 4.65. The Morgan fingerprint density at radius 3 is 2.30 bits per heavy atom. The quantitative estimate of drug-likeness (QED) is 0.523. The highest BCUT2D eigenvalue weighted by molar-refractivity contribution is 7.38. The van der Waals surface area contributed by atoms with Crippen molar-refractivity contribution in [1.29, 1.82) is 0 Å². The molecule has 1 unspecified atom stereocenters. The molecule has 2 aromatic rings. The summed E-state index contributed by atoms with van der Waals surface area (Å²) in [5.41, 5.74) is -4.14. The van der Waals surface area contributed by atoms with Crippen LogP contribution in [-0.2, 0) is 5.51 Å². The van der Waals surface area contributed by atoms with Crippen molar-refractivity contribution in [2.75, 3.05) is 0 Å². The molecule has 1 aliphatic carbocycles. The number of benzene rings is 1. The standard InChI is InChI=1S/C15H16F3S.ClH/c16-15(17,18)19-13-9-5-4-8-12(13)10-14(19)11-6-2-1-3-7-11;/h4-5,8-11H,1-3,6-7H2;1H/q+1;. The van der Waals surface area contributed by atoms with Gasteiger partial charge in [0, 0.05) is 17.4 Å². The van der Waals surface area contributed by atoms with Crippen LogP contribution in [0.4, 0.5) is 13.2 Å². The van der Waals surface area contributed by atoms with Crippen molar-refractivity contribution in [2.45, 2.75) is 43.5 Å². The van der Waals surface area contributed by atoms with Gasteiger partial charge in [-0.1, -0.05) is 31.4 Å². The molecular formula is C15H17ClF3S+. The first-order valence-corrected chi connectivity index (χ1v) is 7.91.